The van der Waals surface area contributed by atoms with Crippen molar-refractivity contribution in [1.29, 1.82) is 0 Å². The number of aliphatic carboxylic acids is 1. The van der Waals surface area contributed by atoms with Crippen LogP contribution in [-0.2, 0) is 4.79 Å². The lowest BCUT2D eigenvalue weighted by molar-refractivity contribution is -0.139. The number of rotatable bonds is 5. The summed E-state index contributed by atoms with van der Waals surface area (Å²) in [5.41, 5.74) is 0. The maximum atomic E-state index is 12.2. The molecule has 0 saturated carbocycles. The van der Waals surface area contributed by atoms with E-state index in [0.29, 0.717) is 6.42 Å². The molecule has 5 nitrogen and oxygen atoms in total. The molecule has 19 heavy (non-hydrogen) atoms. The van der Waals surface area contributed by atoms with E-state index in [9.17, 15) is 9.59 Å². The number of carboxylic acids is 1. The van der Waals surface area contributed by atoms with Crippen LogP contribution in [0.4, 0.5) is 4.79 Å². The Labute approximate surface area is 119 Å². The first kappa shape index (κ1) is 16.1. The van der Waals surface area contributed by atoms with E-state index in [1.165, 1.54) is 0 Å². The van der Waals surface area contributed by atoms with Gasteiger partial charge in [-0.2, -0.15) is 11.8 Å². The van der Waals surface area contributed by atoms with Crippen LogP contribution in [0.1, 0.15) is 39.0 Å². The number of urea groups is 1. The fourth-order valence-corrected chi connectivity index (χ4v) is 2.77. The van der Waals surface area contributed by atoms with Crippen molar-refractivity contribution in [3.05, 3.63) is 0 Å². The molecule has 1 aliphatic heterocycles. The molecule has 2 unspecified atom stereocenters. The van der Waals surface area contributed by atoms with Gasteiger partial charge >= 0.3 is 12.0 Å². The maximum Gasteiger partial charge on any atom is 0.326 e. The maximum absolute atomic E-state index is 12.2. The van der Waals surface area contributed by atoms with E-state index in [-0.39, 0.29) is 12.1 Å². The van der Waals surface area contributed by atoms with Gasteiger partial charge in [0.2, 0.25) is 0 Å². The number of nitrogens with one attached hydrogen (secondary N) is 1. The lowest BCUT2D eigenvalue weighted by Gasteiger charge is -2.28. The quantitative estimate of drug-likeness (QED) is 0.813. The number of amides is 2. The molecule has 0 aromatic carbocycles. The Hall–Kier alpha value is -0.910. The van der Waals surface area contributed by atoms with Crippen molar-refractivity contribution in [1.82, 2.24) is 10.2 Å². The number of hydrogen-bond donors (Lipinski definition) is 2. The number of nitrogens with zero attached hydrogens (tertiary/aromatic N) is 1. The van der Waals surface area contributed by atoms with Crippen molar-refractivity contribution in [2.45, 2.75) is 51.1 Å². The Bertz CT molecular complexity index is 312. The van der Waals surface area contributed by atoms with Crippen LogP contribution in [0.15, 0.2) is 0 Å². The van der Waals surface area contributed by atoms with Crippen LogP contribution in [0.2, 0.25) is 0 Å². The van der Waals surface area contributed by atoms with Crippen LogP contribution in [0.25, 0.3) is 0 Å². The summed E-state index contributed by atoms with van der Waals surface area (Å²) in [5.74, 6) is -0.225. The van der Waals surface area contributed by atoms with Crippen LogP contribution >= 0.6 is 11.8 Å². The third kappa shape index (κ3) is 5.30. The van der Waals surface area contributed by atoms with Gasteiger partial charge in [0.15, 0.2) is 0 Å². The Morgan fingerprint density at radius 1 is 1.42 bits per heavy atom. The second-order valence-corrected chi connectivity index (χ2v) is 6.00. The molecular formula is C13H24N2O3S. The summed E-state index contributed by atoms with van der Waals surface area (Å²) < 4.78 is 0. The third-order valence-corrected chi connectivity index (χ3v) is 4.16. The van der Waals surface area contributed by atoms with Crippen LogP contribution in [0, 0.1) is 0 Å². The van der Waals surface area contributed by atoms with Gasteiger partial charge in [-0.25, -0.2) is 9.59 Å². The van der Waals surface area contributed by atoms with Crippen LogP contribution in [0.5, 0.6) is 0 Å². The summed E-state index contributed by atoms with van der Waals surface area (Å²) in [7, 11) is 0. The molecule has 1 heterocycles. The average Bonchev–Trinajstić information content (AvgIpc) is 2.58. The molecule has 2 atom stereocenters. The molecule has 110 valence electrons. The predicted molar refractivity (Wildman–Crippen MR) is 77.6 cm³/mol. The normalized spacial score (nSPS) is 21.6. The van der Waals surface area contributed by atoms with E-state index in [2.05, 4.69) is 5.32 Å². The van der Waals surface area contributed by atoms with Gasteiger partial charge in [-0.1, -0.05) is 12.8 Å². The number of thioether (sulfide) groups is 1. The molecule has 1 aliphatic rings. The number of likely N-dealkylation sites (tertiary alicyclic amines) is 1. The van der Waals surface area contributed by atoms with Crippen molar-refractivity contribution in [2.75, 3.05) is 18.6 Å². The highest BCUT2D eigenvalue weighted by Crippen LogP contribution is 2.16. The van der Waals surface area contributed by atoms with E-state index >= 15 is 0 Å². The highest BCUT2D eigenvalue weighted by molar-refractivity contribution is 7.98. The standard InChI is InChI=1S/C13H24N2O3S/c1-10-6-4-3-5-8-15(10)13(18)14-11(12(16)17)7-9-19-2/h10-11H,3-9H2,1-2H3,(H,14,18)(H,16,17). The molecule has 2 N–H and O–H groups in total. The molecular weight excluding hydrogens is 264 g/mol. The van der Waals surface area contributed by atoms with Crippen molar-refractivity contribution in [3.8, 4) is 0 Å². The smallest absolute Gasteiger partial charge is 0.326 e. The Morgan fingerprint density at radius 2 is 2.16 bits per heavy atom. The molecule has 1 saturated heterocycles. The van der Waals surface area contributed by atoms with E-state index in [4.69, 9.17) is 5.11 Å². The van der Waals surface area contributed by atoms with Gasteiger partial charge in [0.05, 0.1) is 0 Å². The molecule has 6 heteroatoms. The molecule has 0 radical (unpaired) electrons. The topological polar surface area (TPSA) is 69.6 Å². The first-order valence-corrected chi connectivity index (χ1v) is 8.24. The van der Waals surface area contributed by atoms with Crippen LogP contribution in [0.3, 0.4) is 0 Å². The fraction of sp³-hybridized carbons (Fsp3) is 0.846. The second kappa shape index (κ2) is 8.30. The monoisotopic (exact) mass is 288 g/mol. The van der Waals surface area contributed by atoms with Crippen molar-refractivity contribution in [3.63, 3.8) is 0 Å². The Kier molecular flexibility index (Phi) is 7.05. The van der Waals surface area contributed by atoms with Crippen molar-refractivity contribution < 1.29 is 14.7 Å². The van der Waals surface area contributed by atoms with Crippen molar-refractivity contribution in [2.24, 2.45) is 0 Å². The minimum atomic E-state index is -0.954. The number of hydrogen-bond acceptors (Lipinski definition) is 3. The summed E-state index contributed by atoms with van der Waals surface area (Å²) >= 11 is 1.59. The minimum Gasteiger partial charge on any atom is -0.480 e. The van der Waals surface area contributed by atoms with Crippen LogP contribution < -0.4 is 5.32 Å². The third-order valence-electron chi connectivity index (χ3n) is 3.52. The summed E-state index contributed by atoms with van der Waals surface area (Å²) in [6, 6.07) is -0.823. The molecule has 1 fully saturated rings. The SMILES string of the molecule is CSCCC(NC(=O)N1CCCCCC1C)C(=O)O. The zero-order valence-electron chi connectivity index (χ0n) is 11.7. The Balaban J connectivity index is 2.56. The lowest BCUT2D eigenvalue weighted by Crippen LogP contribution is -2.50. The van der Waals surface area contributed by atoms with Crippen LogP contribution in [-0.4, -0.2) is 52.6 Å². The van der Waals surface area contributed by atoms with E-state index in [1.54, 1.807) is 16.7 Å². The second-order valence-electron chi connectivity index (χ2n) is 5.01. The summed E-state index contributed by atoms with van der Waals surface area (Å²) in [4.78, 5) is 25.1. The Morgan fingerprint density at radius 3 is 2.79 bits per heavy atom. The van der Waals surface area contributed by atoms with Crippen molar-refractivity contribution >= 4 is 23.8 Å². The number of carboxylic acid groups (broad SMARTS) is 1. The van der Waals surface area contributed by atoms with Gasteiger partial charge in [-0.15, -0.1) is 0 Å². The average molecular weight is 288 g/mol. The molecule has 0 aromatic heterocycles. The summed E-state index contributed by atoms with van der Waals surface area (Å²) in [6.07, 6.45) is 6.67. The van der Waals surface area contributed by atoms with Gasteiger partial charge in [-0.3, -0.25) is 0 Å². The number of carbonyl (C=O) groups is 2. The van der Waals surface area contributed by atoms with E-state index < -0.39 is 12.0 Å². The summed E-state index contributed by atoms with van der Waals surface area (Å²) in [6.45, 7) is 2.75. The largest absolute Gasteiger partial charge is 0.480 e. The van der Waals surface area contributed by atoms with Gasteiger partial charge < -0.3 is 15.3 Å². The summed E-state index contributed by atoms with van der Waals surface area (Å²) in [5, 5.41) is 11.8. The lowest BCUT2D eigenvalue weighted by atomic mass is 10.1. The van der Waals surface area contributed by atoms with E-state index in [0.717, 1.165) is 38.0 Å². The fourth-order valence-electron chi connectivity index (χ4n) is 2.30. The van der Waals surface area contributed by atoms with Gasteiger partial charge in [0.1, 0.15) is 6.04 Å². The van der Waals surface area contributed by atoms with Gasteiger partial charge in [0.25, 0.3) is 0 Å². The zero-order valence-corrected chi connectivity index (χ0v) is 12.5. The van der Waals surface area contributed by atoms with Gasteiger partial charge in [0, 0.05) is 12.6 Å². The molecule has 0 aromatic rings. The molecule has 2 amide bonds. The van der Waals surface area contributed by atoms with Gasteiger partial charge in [-0.05, 0) is 38.2 Å². The first-order chi connectivity index (χ1) is 9.06. The molecule has 1 rings (SSSR count). The molecule has 0 aliphatic carbocycles. The predicted octanol–water partition coefficient (Wildman–Crippen LogP) is 2.17. The van der Waals surface area contributed by atoms with E-state index in [1.807, 2.05) is 13.2 Å². The highest BCUT2D eigenvalue weighted by atomic mass is 32.2. The highest BCUT2D eigenvalue weighted by Gasteiger charge is 2.26. The molecule has 0 bridgehead atoms. The minimum absolute atomic E-state index is 0.192. The molecule has 0 spiro atoms. The number of carbonyl (C=O) groups excluding carboxylic acids is 1. The zero-order chi connectivity index (χ0) is 14.3. The first-order valence-electron chi connectivity index (χ1n) is 6.85.